The van der Waals surface area contributed by atoms with E-state index in [4.69, 9.17) is 9.47 Å². The highest BCUT2D eigenvalue weighted by atomic mass is 127. The van der Waals surface area contributed by atoms with Gasteiger partial charge in [-0.1, -0.05) is 55.5 Å². The molecule has 180 valence electrons. The highest BCUT2D eigenvalue weighted by Crippen LogP contribution is 2.30. The Kier molecular flexibility index (Phi) is 9.50. The van der Waals surface area contributed by atoms with E-state index in [1.165, 1.54) is 20.0 Å². The van der Waals surface area contributed by atoms with Crippen LogP contribution in [0.15, 0.2) is 64.3 Å². The molecule has 2 aromatic rings. The first-order valence-corrected chi connectivity index (χ1v) is 12.3. The van der Waals surface area contributed by atoms with Gasteiger partial charge < -0.3 is 20.1 Å². The Hall–Kier alpha value is -2.88. The summed E-state index contributed by atoms with van der Waals surface area (Å²) in [6.45, 7) is 2.67. The van der Waals surface area contributed by atoms with Gasteiger partial charge >= 0.3 is 12.1 Å². The first kappa shape index (κ1) is 25.7. The second-order valence-electron chi connectivity index (χ2n) is 8.28. The van der Waals surface area contributed by atoms with Crippen LogP contribution in [0, 0.1) is 11.8 Å². The van der Waals surface area contributed by atoms with Gasteiger partial charge in [0.25, 0.3) is 0 Å². The molecule has 0 heterocycles. The number of ether oxygens (including phenoxy) is 2. The number of alkyl carbamates (subject to hydrolysis) is 1. The summed E-state index contributed by atoms with van der Waals surface area (Å²) in [5.74, 6) is -0.261. The maximum atomic E-state index is 12.6. The van der Waals surface area contributed by atoms with E-state index < -0.39 is 18.1 Å². The van der Waals surface area contributed by atoms with Crippen LogP contribution < -0.4 is 10.6 Å². The Balaban J connectivity index is 1.73. The molecule has 1 fully saturated rings. The number of carbonyl (C=O) groups excluding carboxylic acids is 3. The summed E-state index contributed by atoms with van der Waals surface area (Å²) in [4.78, 5) is 36.9. The van der Waals surface area contributed by atoms with Gasteiger partial charge in [-0.05, 0) is 64.6 Å². The van der Waals surface area contributed by atoms with E-state index in [2.05, 4.69) is 33.2 Å². The first-order chi connectivity index (χ1) is 16.4. The van der Waals surface area contributed by atoms with Crippen molar-refractivity contribution in [3.8, 4) is 0 Å². The average molecular weight is 576 g/mol. The number of benzene rings is 2. The van der Waals surface area contributed by atoms with Gasteiger partial charge in [-0.3, -0.25) is 4.79 Å². The fraction of sp³-hybridized carbons (Fsp3) is 0.346. The van der Waals surface area contributed by atoms with Gasteiger partial charge in [0.15, 0.2) is 0 Å². The van der Waals surface area contributed by atoms with Crippen LogP contribution in [0.5, 0.6) is 0 Å². The highest BCUT2D eigenvalue weighted by molar-refractivity contribution is 14.1. The molecule has 34 heavy (non-hydrogen) atoms. The van der Waals surface area contributed by atoms with E-state index in [0.717, 1.165) is 14.7 Å². The normalized spacial score (nSPS) is 15.1. The van der Waals surface area contributed by atoms with Crippen LogP contribution >= 0.6 is 22.6 Å². The lowest BCUT2D eigenvalue weighted by Crippen LogP contribution is -2.32. The SMILES string of the molecule is COC(=O)c1ccc(C(NC(=O)OCc2ccccc2)/C(I)=C/[C@@H](C)C(=O)NCC2CC2)cc1. The van der Waals surface area contributed by atoms with E-state index >= 15 is 0 Å². The van der Waals surface area contributed by atoms with E-state index in [9.17, 15) is 14.4 Å². The molecule has 2 N–H and O–H groups in total. The van der Waals surface area contributed by atoms with Crippen molar-refractivity contribution in [3.63, 3.8) is 0 Å². The highest BCUT2D eigenvalue weighted by Gasteiger charge is 2.24. The number of halogens is 1. The van der Waals surface area contributed by atoms with Crippen LogP contribution in [-0.4, -0.2) is 31.6 Å². The number of nitrogens with one attached hydrogen (secondary N) is 2. The van der Waals surface area contributed by atoms with Gasteiger partial charge in [0.2, 0.25) is 5.91 Å². The topological polar surface area (TPSA) is 93.7 Å². The summed E-state index contributed by atoms with van der Waals surface area (Å²) < 4.78 is 10.9. The van der Waals surface area contributed by atoms with Crippen molar-refractivity contribution in [1.82, 2.24) is 10.6 Å². The molecule has 0 aliphatic heterocycles. The maximum Gasteiger partial charge on any atom is 0.408 e. The minimum absolute atomic E-state index is 0.0486. The van der Waals surface area contributed by atoms with Crippen LogP contribution in [0.3, 0.4) is 0 Å². The standard InChI is InChI=1S/C26H29IN2O5/c1-17(24(30)28-15-18-8-9-18)14-22(27)23(20-10-12-21(13-11-20)25(31)33-2)29-26(32)34-16-19-6-4-3-5-7-19/h3-7,10-14,17-18,23H,8-9,15-16H2,1-2H3,(H,28,30)(H,29,32)/b22-14-/t17-,23?/m1/s1. The summed E-state index contributed by atoms with van der Waals surface area (Å²) >= 11 is 2.13. The lowest BCUT2D eigenvalue weighted by atomic mass is 10.0. The van der Waals surface area contributed by atoms with Crippen molar-refractivity contribution in [1.29, 1.82) is 0 Å². The lowest BCUT2D eigenvalue weighted by molar-refractivity contribution is -0.123. The largest absolute Gasteiger partial charge is 0.465 e. The summed E-state index contributed by atoms with van der Waals surface area (Å²) in [6.07, 6.45) is 3.58. The summed E-state index contributed by atoms with van der Waals surface area (Å²) in [6, 6.07) is 15.6. The van der Waals surface area contributed by atoms with Crippen LogP contribution in [0.1, 0.15) is 47.3 Å². The van der Waals surface area contributed by atoms with Gasteiger partial charge in [-0.25, -0.2) is 9.59 Å². The van der Waals surface area contributed by atoms with Crippen molar-refractivity contribution in [2.24, 2.45) is 11.8 Å². The van der Waals surface area contributed by atoms with Gasteiger partial charge in [0.1, 0.15) is 6.61 Å². The minimum atomic E-state index is -0.584. The quantitative estimate of drug-likeness (QED) is 0.310. The monoisotopic (exact) mass is 576 g/mol. The number of hydrogen-bond acceptors (Lipinski definition) is 5. The number of hydrogen-bond donors (Lipinski definition) is 2. The van der Waals surface area contributed by atoms with Gasteiger partial charge in [-0.2, -0.15) is 0 Å². The molecule has 1 saturated carbocycles. The van der Waals surface area contributed by atoms with Crippen molar-refractivity contribution in [2.75, 3.05) is 13.7 Å². The predicted octanol–water partition coefficient (Wildman–Crippen LogP) is 4.92. The molecule has 1 unspecified atom stereocenters. The number of carbonyl (C=O) groups is 3. The van der Waals surface area contributed by atoms with Crippen molar-refractivity contribution >= 4 is 40.6 Å². The van der Waals surface area contributed by atoms with E-state index in [0.29, 0.717) is 18.0 Å². The lowest BCUT2D eigenvalue weighted by Gasteiger charge is -2.20. The van der Waals surface area contributed by atoms with Gasteiger partial charge in [0.05, 0.1) is 24.6 Å². The molecule has 0 spiro atoms. The van der Waals surface area contributed by atoms with Gasteiger partial charge in [0, 0.05) is 10.1 Å². The summed E-state index contributed by atoms with van der Waals surface area (Å²) in [5, 5.41) is 5.87. The smallest absolute Gasteiger partial charge is 0.408 e. The third-order valence-corrected chi connectivity index (χ3v) is 6.48. The molecule has 2 aromatic carbocycles. The fourth-order valence-electron chi connectivity index (χ4n) is 3.26. The second-order valence-corrected chi connectivity index (χ2v) is 9.53. The number of amides is 2. The Morgan fingerprint density at radius 2 is 1.76 bits per heavy atom. The molecular formula is C26H29IN2O5. The molecule has 1 aliphatic rings. The van der Waals surface area contributed by atoms with Crippen LogP contribution in [0.4, 0.5) is 4.79 Å². The predicted molar refractivity (Wildman–Crippen MR) is 137 cm³/mol. The minimum Gasteiger partial charge on any atom is -0.465 e. The van der Waals surface area contributed by atoms with Crippen LogP contribution in [0.25, 0.3) is 0 Å². The van der Waals surface area contributed by atoms with Crippen LogP contribution in [0.2, 0.25) is 0 Å². The van der Waals surface area contributed by atoms with E-state index in [1.54, 1.807) is 24.3 Å². The third-order valence-electron chi connectivity index (χ3n) is 5.50. The molecule has 3 rings (SSSR count). The Bertz CT molecular complexity index is 1020. The molecule has 8 heteroatoms. The molecule has 1 aliphatic carbocycles. The molecule has 0 radical (unpaired) electrons. The summed E-state index contributed by atoms with van der Waals surface area (Å²) in [7, 11) is 1.32. The van der Waals surface area contributed by atoms with E-state index in [1.807, 2.05) is 43.3 Å². The number of methoxy groups -OCH3 is 1. The molecule has 0 aromatic heterocycles. The first-order valence-electron chi connectivity index (χ1n) is 11.2. The Morgan fingerprint density at radius 1 is 1.09 bits per heavy atom. The Morgan fingerprint density at radius 3 is 2.38 bits per heavy atom. The molecule has 0 bridgehead atoms. The maximum absolute atomic E-state index is 12.6. The average Bonchev–Trinajstić information content (AvgIpc) is 3.69. The zero-order valence-electron chi connectivity index (χ0n) is 19.3. The van der Waals surface area contributed by atoms with Crippen molar-refractivity contribution < 1.29 is 23.9 Å². The number of esters is 1. The zero-order valence-corrected chi connectivity index (χ0v) is 21.4. The summed E-state index contributed by atoms with van der Waals surface area (Å²) in [5.41, 5.74) is 2.03. The third kappa shape index (κ3) is 7.86. The van der Waals surface area contributed by atoms with E-state index in [-0.39, 0.29) is 18.4 Å². The molecule has 0 saturated heterocycles. The molecule has 2 atom stereocenters. The zero-order chi connectivity index (χ0) is 24.5. The molecule has 7 nitrogen and oxygen atoms in total. The Labute approximate surface area is 213 Å². The fourth-order valence-corrected chi connectivity index (χ4v) is 4.32. The van der Waals surface area contributed by atoms with Crippen molar-refractivity contribution in [2.45, 2.75) is 32.4 Å². The van der Waals surface area contributed by atoms with Crippen molar-refractivity contribution in [3.05, 3.63) is 80.9 Å². The molecular weight excluding hydrogens is 547 g/mol. The van der Waals surface area contributed by atoms with Crippen LogP contribution in [-0.2, 0) is 20.9 Å². The van der Waals surface area contributed by atoms with Gasteiger partial charge in [-0.15, -0.1) is 0 Å². The molecule has 2 amide bonds. The second kappa shape index (κ2) is 12.5. The number of rotatable bonds is 10.